The fraction of sp³-hybridized carbons (Fsp3) is 0.647. The lowest BCUT2D eigenvalue weighted by Gasteiger charge is -2.50. The van der Waals surface area contributed by atoms with E-state index in [2.05, 4.69) is 50.4 Å². The molecule has 3 rings (SSSR count). The largest absolute Gasteiger partial charge is 0.314 e. The first-order valence-electron chi connectivity index (χ1n) is 7.34. The average molecular weight is 243 g/mol. The van der Waals surface area contributed by atoms with Gasteiger partial charge in [-0.2, -0.15) is 0 Å². The van der Waals surface area contributed by atoms with E-state index in [4.69, 9.17) is 0 Å². The maximum atomic E-state index is 3.67. The van der Waals surface area contributed by atoms with E-state index in [-0.39, 0.29) is 0 Å². The molecule has 0 heterocycles. The summed E-state index contributed by atoms with van der Waals surface area (Å²) >= 11 is 0. The van der Waals surface area contributed by atoms with Crippen LogP contribution in [0.5, 0.6) is 0 Å². The van der Waals surface area contributed by atoms with Crippen molar-refractivity contribution >= 4 is 0 Å². The summed E-state index contributed by atoms with van der Waals surface area (Å²) in [5.74, 6) is 0. The number of benzene rings is 1. The molecule has 1 N–H and O–H groups in total. The minimum Gasteiger partial charge on any atom is -0.314 e. The van der Waals surface area contributed by atoms with Crippen molar-refractivity contribution in [3.8, 4) is 0 Å². The van der Waals surface area contributed by atoms with Gasteiger partial charge in [0.15, 0.2) is 0 Å². The Morgan fingerprint density at radius 1 is 1.11 bits per heavy atom. The molecule has 1 heteroatoms. The molecule has 1 nitrogen and oxygen atoms in total. The number of hydrogen-bond donors (Lipinski definition) is 1. The lowest BCUT2D eigenvalue weighted by Crippen LogP contribution is -2.50. The summed E-state index contributed by atoms with van der Waals surface area (Å²) in [6.07, 6.45) is 5.76. The average Bonchev–Trinajstić information content (AvgIpc) is 3.06. The van der Waals surface area contributed by atoms with Crippen molar-refractivity contribution < 1.29 is 0 Å². The second-order valence-electron chi connectivity index (χ2n) is 7.04. The Bertz CT molecular complexity index is 417. The number of rotatable bonds is 4. The van der Waals surface area contributed by atoms with Crippen LogP contribution in [0, 0.1) is 12.3 Å². The molecule has 2 saturated carbocycles. The van der Waals surface area contributed by atoms with Gasteiger partial charge >= 0.3 is 0 Å². The van der Waals surface area contributed by atoms with Gasteiger partial charge in [0.05, 0.1) is 0 Å². The van der Waals surface area contributed by atoms with Crippen LogP contribution in [0.3, 0.4) is 0 Å². The van der Waals surface area contributed by atoms with Gasteiger partial charge < -0.3 is 5.32 Å². The van der Waals surface area contributed by atoms with Gasteiger partial charge in [0, 0.05) is 18.0 Å². The van der Waals surface area contributed by atoms with Crippen LogP contribution in [0.15, 0.2) is 24.3 Å². The predicted octanol–water partition coefficient (Wildman–Crippen LogP) is 3.80. The Hall–Kier alpha value is -0.820. The quantitative estimate of drug-likeness (QED) is 0.848. The Morgan fingerprint density at radius 3 is 2.22 bits per heavy atom. The second kappa shape index (κ2) is 4.09. The first-order chi connectivity index (χ1) is 8.54. The SMILES string of the molecule is Cc1ccc(C2(CNC(C)C)CC3(CC3)C2)cc1. The molecule has 0 unspecified atom stereocenters. The molecule has 0 amide bonds. The molecule has 0 aromatic heterocycles. The Morgan fingerprint density at radius 2 is 1.72 bits per heavy atom. The third-order valence-corrected chi connectivity index (χ3v) is 4.90. The van der Waals surface area contributed by atoms with E-state index in [1.165, 1.54) is 31.2 Å². The fourth-order valence-corrected chi connectivity index (χ4v) is 3.65. The zero-order valence-corrected chi connectivity index (χ0v) is 11.9. The number of hydrogen-bond acceptors (Lipinski definition) is 1. The molecule has 98 valence electrons. The van der Waals surface area contributed by atoms with E-state index in [1.807, 2.05) is 0 Å². The van der Waals surface area contributed by atoms with Crippen molar-refractivity contribution in [2.24, 2.45) is 5.41 Å². The monoisotopic (exact) mass is 243 g/mol. The highest BCUT2D eigenvalue weighted by Gasteiger charge is 2.60. The Labute approximate surface area is 111 Å². The van der Waals surface area contributed by atoms with Crippen molar-refractivity contribution in [2.75, 3.05) is 6.54 Å². The molecule has 0 radical (unpaired) electrons. The van der Waals surface area contributed by atoms with E-state index in [0.717, 1.165) is 12.0 Å². The predicted molar refractivity (Wildman–Crippen MR) is 76.9 cm³/mol. The van der Waals surface area contributed by atoms with E-state index in [1.54, 1.807) is 5.56 Å². The Kier molecular flexibility index (Phi) is 2.78. The lowest BCUT2D eigenvalue weighted by atomic mass is 9.56. The fourth-order valence-electron chi connectivity index (χ4n) is 3.65. The third-order valence-electron chi connectivity index (χ3n) is 4.90. The highest BCUT2D eigenvalue weighted by molar-refractivity contribution is 5.35. The van der Waals surface area contributed by atoms with E-state index in [0.29, 0.717) is 11.5 Å². The van der Waals surface area contributed by atoms with Crippen LogP contribution in [0.2, 0.25) is 0 Å². The maximum absolute atomic E-state index is 3.67. The van der Waals surface area contributed by atoms with Gasteiger partial charge in [-0.3, -0.25) is 0 Å². The summed E-state index contributed by atoms with van der Waals surface area (Å²) in [5, 5.41) is 3.67. The summed E-state index contributed by atoms with van der Waals surface area (Å²) in [7, 11) is 0. The minimum atomic E-state index is 0.425. The smallest absolute Gasteiger partial charge is 0.00884 e. The highest BCUT2D eigenvalue weighted by Crippen LogP contribution is 2.68. The van der Waals surface area contributed by atoms with Gasteiger partial charge in [0.25, 0.3) is 0 Å². The molecule has 2 aliphatic carbocycles. The van der Waals surface area contributed by atoms with Gasteiger partial charge in [0.2, 0.25) is 0 Å². The van der Waals surface area contributed by atoms with Crippen LogP contribution in [0.4, 0.5) is 0 Å². The van der Waals surface area contributed by atoms with E-state index in [9.17, 15) is 0 Å². The van der Waals surface area contributed by atoms with Crippen LogP contribution in [0.1, 0.15) is 50.7 Å². The Balaban J connectivity index is 1.79. The highest BCUT2D eigenvalue weighted by atomic mass is 14.9. The summed E-state index contributed by atoms with van der Waals surface area (Å²) in [5.41, 5.74) is 4.10. The van der Waals surface area contributed by atoms with E-state index >= 15 is 0 Å². The van der Waals surface area contributed by atoms with Gasteiger partial charge in [-0.15, -0.1) is 0 Å². The van der Waals surface area contributed by atoms with Gasteiger partial charge in [0.1, 0.15) is 0 Å². The normalized spacial score (nSPS) is 23.1. The summed E-state index contributed by atoms with van der Waals surface area (Å²) in [4.78, 5) is 0. The zero-order chi connectivity index (χ0) is 12.8. The lowest BCUT2D eigenvalue weighted by molar-refractivity contribution is 0.114. The molecular weight excluding hydrogens is 218 g/mol. The maximum Gasteiger partial charge on any atom is 0.00884 e. The van der Waals surface area contributed by atoms with Crippen LogP contribution >= 0.6 is 0 Å². The van der Waals surface area contributed by atoms with Gasteiger partial charge in [-0.1, -0.05) is 43.7 Å². The molecule has 1 aromatic rings. The molecule has 0 aliphatic heterocycles. The van der Waals surface area contributed by atoms with Gasteiger partial charge in [-0.25, -0.2) is 0 Å². The van der Waals surface area contributed by atoms with Crippen molar-refractivity contribution in [1.29, 1.82) is 0 Å². The molecule has 2 fully saturated rings. The third kappa shape index (κ3) is 2.09. The van der Waals surface area contributed by atoms with Crippen LogP contribution < -0.4 is 5.32 Å². The van der Waals surface area contributed by atoms with Crippen molar-refractivity contribution in [3.05, 3.63) is 35.4 Å². The first kappa shape index (κ1) is 12.2. The molecule has 1 spiro atoms. The summed E-state index contributed by atoms with van der Waals surface area (Å²) in [6.45, 7) is 7.81. The molecule has 0 bridgehead atoms. The topological polar surface area (TPSA) is 12.0 Å². The van der Waals surface area contributed by atoms with Crippen LogP contribution in [-0.2, 0) is 5.41 Å². The van der Waals surface area contributed by atoms with Crippen molar-refractivity contribution in [1.82, 2.24) is 5.32 Å². The number of nitrogens with one attached hydrogen (secondary N) is 1. The minimum absolute atomic E-state index is 0.425. The zero-order valence-electron chi connectivity index (χ0n) is 11.9. The van der Waals surface area contributed by atoms with Crippen LogP contribution in [-0.4, -0.2) is 12.6 Å². The van der Waals surface area contributed by atoms with Gasteiger partial charge in [-0.05, 0) is 43.6 Å². The molecule has 1 aromatic carbocycles. The van der Waals surface area contributed by atoms with Crippen LogP contribution in [0.25, 0.3) is 0 Å². The number of aryl methyl sites for hydroxylation is 1. The molecule has 0 atom stereocenters. The van der Waals surface area contributed by atoms with Crippen molar-refractivity contribution in [2.45, 2.75) is 57.9 Å². The molecule has 0 saturated heterocycles. The first-order valence-corrected chi connectivity index (χ1v) is 7.34. The molecule has 18 heavy (non-hydrogen) atoms. The molecule has 2 aliphatic rings. The van der Waals surface area contributed by atoms with E-state index < -0.39 is 0 Å². The molecular formula is C17H25N. The van der Waals surface area contributed by atoms with Crippen molar-refractivity contribution in [3.63, 3.8) is 0 Å². The second-order valence-corrected chi connectivity index (χ2v) is 7.04. The standard InChI is InChI=1S/C17H25N/c1-13(2)18-12-17(10-16(11-17)8-9-16)15-6-4-14(3)5-7-15/h4-7,13,18H,8-12H2,1-3H3. The summed E-state index contributed by atoms with van der Waals surface area (Å²) < 4.78 is 0. The summed E-state index contributed by atoms with van der Waals surface area (Å²) in [6, 6.07) is 9.83.